The number of hydrogen-bond donors (Lipinski definition) is 3. The normalized spacial score (nSPS) is 20.9. The van der Waals surface area contributed by atoms with Crippen LogP contribution in [0.25, 0.3) is 0 Å². The second-order valence-corrected chi connectivity index (χ2v) is 16.1. The quantitative estimate of drug-likeness (QED) is 0.194. The zero-order chi connectivity index (χ0) is 43.3. The molecular formula is C40H56N6O13. The number of carboxylic acid groups (broad SMARTS) is 1. The van der Waals surface area contributed by atoms with Gasteiger partial charge >= 0.3 is 30.0 Å². The number of benzene rings is 2. The molecule has 0 aliphatic carbocycles. The molecule has 4 N–H and O–H groups in total. The fraction of sp³-hybridized carbons (Fsp3) is 0.550. The second kappa shape index (κ2) is 21.1. The van der Waals surface area contributed by atoms with Gasteiger partial charge < -0.3 is 24.4 Å². The lowest BCUT2D eigenvalue weighted by atomic mass is 10.0. The lowest BCUT2D eigenvalue weighted by molar-refractivity contribution is -0.165. The van der Waals surface area contributed by atoms with Crippen LogP contribution in [0.2, 0.25) is 0 Å². The summed E-state index contributed by atoms with van der Waals surface area (Å²) in [4.78, 5) is 93.9. The van der Waals surface area contributed by atoms with Gasteiger partial charge in [-0.25, -0.2) is 35.3 Å². The van der Waals surface area contributed by atoms with Crippen LogP contribution in [-0.2, 0) is 61.2 Å². The Balaban J connectivity index is 0.000000221. The topological polar surface area (TPSA) is 229 Å². The molecule has 4 aliphatic rings. The van der Waals surface area contributed by atoms with E-state index in [0.717, 1.165) is 11.1 Å². The number of fused-ring (bicyclic) bond motifs is 4. The van der Waals surface area contributed by atoms with Gasteiger partial charge in [-0.1, -0.05) is 60.7 Å². The number of nitrogens with one attached hydrogen (secondary N) is 1. The fourth-order valence-electron chi connectivity index (χ4n) is 6.61. The minimum atomic E-state index is -0.943. The molecular weight excluding hydrogens is 772 g/mol. The summed E-state index contributed by atoms with van der Waals surface area (Å²) < 4.78 is 9.94. The van der Waals surface area contributed by atoms with Crippen LogP contribution in [0, 0.1) is 0 Å². The van der Waals surface area contributed by atoms with Gasteiger partial charge in [-0.15, -0.1) is 0 Å². The Kier molecular flexibility index (Phi) is 16.6. The average molecular weight is 829 g/mol. The summed E-state index contributed by atoms with van der Waals surface area (Å²) >= 11 is 0. The van der Waals surface area contributed by atoms with Crippen LogP contribution in [0.5, 0.6) is 0 Å². The van der Waals surface area contributed by atoms with E-state index in [-0.39, 0.29) is 37.4 Å². The Bertz CT molecular complexity index is 1740. The van der Waals surface area contributed by atoms with Gasteiger partial charge in [0.05, 0.1) is 12.1 Å². The predicted molar refractivity (Wildman–Crippen MR) is 208 cm³/mol. The summed E-state index contributed by atoms with van der Waals surface area (Å²) in [6.45, 7) is 11.4. The van der Waals surface area contributed by atoms with Crippen molar-refractivity contribution in [3.05, 3.63) is 71.8 Å². The molecule has 19 nitrogen and oxygen atoms in total. The van der Waals surface area contributed by atoms with Crippen molar-refractivity contribution in [1.29, 1.82) is 0 Å². The van der Waals surface area contributed by atoms with Gasteiger partial charge in [0.2, 0.25) is 0 Å². The highest BCUT2D eigenvalue weighted by molar-refractivity contribution is 5.88. The van der Waals surface area contributed by atoms with E-state index in [1.807, 2.05) is 60.7 Å². The first-order chi connectivity index (χ1) is 27.9. The molecule has 4 bridgehead atoms. The lowest BCUT2D eigenvalue weighted by Crippen LogP contribution is -2.50. The Morgan fingerprint density at radius 1 is 0.678 bits per heavy atom. The van der Waals surface area contributed by atoms with Crippen molar-refractivity contribution in [2.45, 2.75) is 116 Å². The van der Waals surface area contributed by atoms with Crippen LogP contribution in [0.4, 0.5) is 9.59 Å². The van der Waals surface area contributed by atoms with E-state index in [9.17, 15) is 28.8 Å². The molecule has 0 saturated carbocycles. The van der Waals surface area contributed by atoms with E-state index in [4.69, 9.17) is 29.1 Å². The number of rotatable bonds is 13. The first kappa shape index (κ1) is 46.4. The van der Waals surface area contributed by atoms with Crippen molar-refractivity contribution >= 4 is 35.9 Å². The van der Waals surface area contributed by atoms with Gasteiger partial charge in [-0.3, -0.25) is 24.1 Å². The molecule has 4 heterocycles. The van der Waals surface area contributed by atoms with E-state index in [0.29, 0.717) is 45.4 Å². The van der Waals surface area contributed by atoms with Crippen molar-refractivity contribution in [3.8, 4) is 0 Å². The standard InChI is InChI=1S/C20H27N3O6.C14H16N2O4.C6H13NO3/c1-20(2,3)29-17(24)13-27-21-18(25)16-10-9-15-11-22(16)19(26)23(15)28-12-14-7-5-4-6-8-14;17-13(18)12-7-6-11-8-15(12)14(19)16(11)20-9-10-4-2-1-3-5-10;1-6(2,3)10-5(8)4-9-7/h4-8,15-16H,9-13H2,1-3H3,(H,21,25);1-5,11-12H,6-9H2,(H,17,18);4,7H2,1-3H3/t15-,16+;11-,12+;/m11./s1. The summed E-state index contributed by atoms with van der Waals surface area (Å²) in [7, 11) is 0. The molecule has 0 aromatic heterocycles. The molecule has 4 aliphatic heterocycles. The number of piperidine rings is 2. The number of hydrogen-bond acceptors (Lipinski definition) is 13. The molecule has 19 heteroatoms. The minimum absolute atomic E-state index is 0.0400. The number of nitrogens with zero attached hydrogens (tertiary/aromatic N) is 4. The Morgan fingerprint density at radius 2 is 1.10 bits per heavy atom. The van der Waals surface area contributed by atoms with Crippen LogP contribution in [0.15, 0.2) is 60.7 Å². The highest BCUT2D eigenvalue weighted by Gasteiger charge is 2.49. The summed E-state index contributed by atoms with van der Waals surface area (Å²) in [5.41, 5.74) is 3.10. The van der Waals surface area contributed by atoms with E-state index in [1.54, 1.807) is 41.5 Å². The zero-order valence-electron chi connectivity index (χ0n) is 34.4. The first-order valence-electron chi connectivity index (χ1n) is 19.3. The number of urea groups is 2. The van der Waals surface area contributed by atoms with Gasteiger partial charge in [0.1, 0.15) is 36.5 Å². The van der Waals surface area contributed by atoms with Gasteiger partial charge in [0.25, 0.3) is 5.91 Å². The van der Waals surface area contributed by atoms with Gasteiger partial charge in [-0.2, -0.15) is 10.1 Å². The van der Waals surface area contributed by atoms with Crippen molar-refractivity contribution in [2.24, 2.45) is 5.90 Å². The number of amides is 5. The zero-order valence-corrected chi connectivity index (χ0v) is 34.4. The smallest absolute Gasteiger partial charge is 0.345 e. The van der Waals surface area contributed by atoms with E-state index < -0.39 is 53.7 Å². The van der Waals surface area contributed by atoms with Crippen LogP contribution >= 0.6 is 0 Å². The number of carbonyl (C=O) groups is 6. The van der Waals surface area contributed by atoms with E-state index in [1.165, 1.54) is 19.9 Å². The number of nitrogens with two attached hydrogens (primary N) is 1. The predicted octanol–water partition coefficient (Wildman–Crippen LogP) is 3.47. The first-order valence-corrected chi connectivity index (χ1v) is 19.3. The summed E-state index contributed by atoms with van der Waals surface area (Å²) in [6.07, 6.45) is 2.27. The SMILES string of the molecule is CC(C)(C)OC(=O)CON.CC(C)(C)OC(=O)CONC(=O)[C@@H]1CC[C@@H]2CN1C(=O)N2OCc1ccccc1.O=C(O)[C@@H]1CC[C@@H]2CN1C(=O)N2OCc1ccccc1. The number of ether oxygens (including phenoxy) is 2. The molecule has 0 radical (unpaired) electrons. The van der Waals surface area contributed by atoms with Gasteiger partial charge in [0, 0.05) is 13.1 Å². The maximum atomic E-state index is 12.7. The highest BCUT2D eigenvalue weighted by atomic mass is 16.7. The number of carbonyl (C=O) groups excluding carboxylic acids is 5. The number of hydroxylamine groups is 5. The second-order valence-electron chi connectivity index (χ2n) is 16.1. The third-order valence-corrected chi connectivity index (χ3v) is 9.06. The fourth-order valence-corrected chi connectivity index (χ4v) is 6.61. The number of esters is 2. The van der Waals surface area contributed by atoms with E-state index in [2.05, 4.69) is 16.2 Å². The third-order valence-electron chi connectivity index (χ3n) is 9.06. The van der Waals surface area contributed by atoms with Crippen LogP contribution in [0.1, 0.15) is 78.4 Å². The number of aliphatic carboxylic acids is 1. The van der Waals surface area contributed by atoms with Crippen molar-refractivity contribution in [2.75, 3.05) is 26.3 Å². The van der Waals surface area contributed by atoms with Crippen LogP contribution in [-0.4, -0.2) is 123 Å². The molecule has 2 aromatic rings. The Labute approximate surface area is 343 Å². The Morgan fingerprint density at radius 3 is 1.53 bits per heavy atom. The average Bonchev–Trinajstić information content (AvgIpc) is 3.55. The summed E-state index contributed by atoms with van der Waals surface area (Å²) in [5, 5.41) is 11.8. The summed E-state index contributed by atoms with van der Waals surface area (Å²) in [6, 6.07) is 17.0. The monoisotopic (exact) mass is 828 g/mol. The van der Waals surface area contributed by atoms with Gasteiger partial charge in [0.15, 0.2) is 13.2 Å². The van der Waals surface area contributed by atoms with Crippen LogP contribution in [0.3, 0.4) is 0 Å². The minimum Gasteiger partial charge on any atom is -0.480 e. The molecule has 4 atom stereocenters. The van der Waals surface area contributed by atoms with Crippen molar-refractivity contribution in [1.82, 2.24) is 25.4 Å². The highest BCUT2D eigenvalue weighted by Crippen LogP contribution is 2.32. The lowest BCUT2D eigenvalue weighted by Gasteiger charge is -2.29. The molecule has 324 valence electrons. The molecule has 4 fully saturated rings. The molecule has 0 spiro atoms. The molecule has 0 unspecified atom stereocenters. The molecule has 4 saturated heterocycles. The largest absolute Gasteiger partial charge is 0.480 e. The molecule has 2 aromatic carbocycles. The van der Waals surface area contributed by atoms with Gasteiger partial charge in [-0.05, 0) is 78.4 Å². The van der Waals surface area contributed by atoms with Crippen LogP contribution < -0.4 is 11.4 Å². The number of carboxylic acids is 1. The maximum Gasteiger partial charge on any atom is 0.345 e. The van der Waals surface area contributed by atoms with Crippen molar-refractivity contribution < 1.29 is 62.7 Å². The molecule has 59 heavy (non-hydrogen) atoms. The third kappa shape index (κ3) is 14.2. The molecule has 6 rings (SSSR count). The summed E-state index contributed by atoms with van der Waals surface area (Å²) in [5.74, 6) is 2.20. The van der Waals surface area contributed by atoms with Crippen molar-refractivity contribution in [3.63, 3.8) is 0 Å². The van der Waals surface area contributed by atoms with E-state index >= 15 is 0 Å². The Hall–Kier alpha value is -5.34. The molecule has 5 amide bonds. The maximum absolute atomic E-state index is 12.7.